The first-order chi connectivity index (χ1) is 11.5. The van der Waals surface area contributed by atoms with Crippen molar-refractivity contribution in [2.24, 2.45) is 0 Å². The number of hydrogen-bond acceptors (Lipinski definition) is 4. The molecule has 6 nitrogen and oxygen atoms in total. The Kier molecular flexibility index (Phi) is 5.79. The Morgan fingerprint density at radius 1 is 1.32 bits per heavy atom. The van der Waals surface area contributed by atoms with Gasteiger partial charge in [-0.25, -0.2) is 4.79 Å². The molecule has 1 heterocycles. The van der Waals surface area contributed by atoms with Crippen molar-refractivity contribution in [2.75, 3.05) is 13.1 Å². The number of carbonyl (C=O) groups is 2. The molecule has 2 N–H and O–H groups in total. The van der Waals surface area contributed by atoms with Gasteiger partial charge in [0, 0.05) is 23.6 Å². The number of hydrogen-bond donors (Lipinski definition) is 2. The summed E-state index contributed by atoms with van der Waals surface area (Å²) in [4.78, 5) is 25.0. The molecule has 1 unspecified atom stereocenters. The van der Waals surface area contributed by atoms with Crippen LogP contribution in [0.25, 0.3) is 0 Å². The molecule has 2 rings (SSSR count). The number of nitrogens with zero attached hydrogens (tertiary/aromatic N) is 1. The van der Waals surface area contributed by atoms with E-state index in [9.17, 15) is 14.7 Å². The van der Waals surface area contributed by atoms with Crippen LogP contribution in [0.5, 0.6) is 0 Å². The Bertz CT molecular complexity index is 633. The highest BCUT2D eigenvalue weighted by Gasteiger charge is 2.48. The van der Waals surface area contributed by atoms with Gasteiger partial charge in [0.1, 0.15) is 5.60 Å². The number of likely N-dealkylation sites (tertiary alicyclic amines) is 1. The van der Waals surface area contributed by atoms with Gasteiger partial charge in [-0.3, -0.25) is 4.79 Å². The van der Waals surface area contributed by atoms with E-state index in [0.29, 0.717) is 13.1 Å². The molecule has 0 bridgehead atoms. The van der Waals surface area contributed by atoms with E-state index in [0.717, 1.165) is 10.0 Å². The molecule has 138 valence electrons. The minimum Gasteiger partial charge on any atom is -0.481 e. The maximum Gasteiger partial charge on any atom is 0.410 e. The van der Waals surface area contributed by atoms with Crippen LogP contribution in [0.3, 0.4) is 0 Å². The molecule has 1 aliphatic rings. The zero-order valence-electron chi connectivity index (χ0n) is 15.0. The van der Waals surface area contributed by atoms with Crippen LogP contribution >= 0.6 is 15.9 Å². The number of carboxylic acids is 1. The van der Waals surface area contributed by atoms with Gasteiger partial charge in [-0.2, -0.15) is 0 Å². The molecular formula is C18H25BrN2O4. The lowest BCUT2D eigenvalue weighted by atomic mass is 9.85. The quantitative estimate of drug-likeness (QED) is 0.772. The minimum absolute atomic E-state index is 0.0340. The SMILES string of the molecule is CC(NC1(CC(=O)O)CN(C(=O)OC(C)(C)C)C1)c1ccc(Br)cc1. The van der Waals surface area contributed by atoms with Gasteiger partial charge in [0.05, 0.1) is 12.0 Å². The summed E-state index contributed by atoms with van der Waals surface area (Å²) in [5, 5.41) is 12.7. The van der Waals surface area contributed by atoms with Crippen LogP contribution in [0.1, 0.15) is 45.7 Å². The highest BCUT2D eigenvalue weighted by Crippen LogP contribution is 2.30. The van der Waals surface area contributed by atoms with E-state index in [1.807, 2.05) is 52.0 Å². The van der Waals surface area contributed by atoms with Gasteiger partial charge < -0.3 is 20.1 Å². The Hall–Kier alpha value is -1.60. The molecule has 1 atom stereocenters. The highest BCUT2D eigenvalue weighted by molar-refractivity contribution is 9.10. The Morgan fingerprint density at radius 3 is 2.36 bits per heavy atom. The average Bonchev–Trinajstić information content (AvgIpc) is 2.42. The van der Waals surface area contributed by atoms with E-state index >= 15 is 0 Å². The molecule has 25 heavy (non-hydrogen) atoms. The molecule has 0 saturated carbocycles. The fraction of sp³-hybridized carbons (Fsp3) is 0.556. The number of halogens is 1. The maximum absolute atomic E-state index is 12.1. The number of ether oxygens (including phenoxy) is 1. The maximum atomic E-state index is 12.1. The van der Waals surface area contributed by atoms with E-state index < -0.39 is 23.2 Å². The number of nitrogens with one attached hydrogen (secondary N) is 1. The van der Waals surface area contributed by atoms with Gasteiger partial charge in [0.2, 0.25) is 0 Å². The summed E-state index contributed by atoms with van der Waals surface area (Å²) < 4.78 is 6.34. The van der Waals surface area contributed by atoms with Crippen molar-refractivity contribution < 1.29 is 19.4 Å². The average molecular weight is 413 g/mol. The van der Waals surface area contributed by atoms with Crippen molar-refractivity contribution in [3.63, 3.8) is 0 Å². The van der Waals surface area contributed by atoms with Crippen molar-refractivity contribution in [3.05, 3.63) is 34.3 Å². The molecule has 0 radical (unpaired) electrons. The van der Waals surface area contributed by atoms with Gasteiger partial charge in [0.25, 0.3) is 0 Å². The normalized spacial score (nSPS) is 17.6. The number of amides is 1. The zero-order chi connectivity index (χ0) is 18.8. The fourth-order valence-electron chi connectivity index (χ4n) is 2.98. The third-order valence-electron chi connectivity index (χ3n) is 4.02. The fourth-order valence-corrected chi connectivity index (χ4v) is 3.24. The van der Waals surface area contributed by atoms with Crippen molar-refractivity contribution in [3.8, 4) is 0 Å². The van der Waals surface area contributed by atoms with E-state index in [1.165, 1.54) is 4.90 Å². The molecule has 7 heteroatoms. The summed E-state index contributed by atoms with van der Waals surface area (Å²) in [6.07, 6.45) is -0.459. The van der Waals surface area contributed by atoms with Crippen molar-refractivity contribution >= 4 is 28.0 Å². The summed E-state index contributed by atoms with van der Waals surface area (Å²) >= 11 is 3.41. The first-order valence-electron chi connectivity index (χ1n) is 8.23. The van der Waals surface area contributed by atoms with E-state index in [-0.39, 0.29) is 12.5 Å². The van der Waals surface area contributed by atoms with Crippen LogP contribution < -0.4 is 5.32 Å². The summed E-state index contributed by atoms with van der Waals surface area (Å²) in [6, 6.07) is 7.84. The van der Waals surface area contributed by atoms with Gasteiger partial charge in [-0.1, -0.05) is 28.1 Å². The van der Waals surface area contributed by atoms with E-state index in [4.69, 9.17) is 4.74 Å². The van der Waals surface area contributed by atoms with Gasteiger partial charge in [0.15, 0.2) is 0 Å². The second kappa shape index (κ2) is 7.33. The number of rotatable bonds is 5. The Labute approximate surface area is 156 Å². The standard InChI is InChI=1S/C18H25BrN2O4/c1-12(13-5-7-14(19)8-6-13)20-18(9-15(22)23)10-21(11-18)16(24)25-17(2,3)4/h5-8,12,20H,9-11H2,1-4H3,(H,22,23). The molecular weight excluding hydrogens is 388 g/mol. The van der Waals surface area contributed by atoms with Gasteiger partial charge >= 0.3 is 12.1 Å². The smallest absolute Gasteiger partial charge is 0.410 e. The molecule has 0 aliphatic carbocycles. The molecule has 1 aromatic rings. The van der Waals surface area contributed by atoms with Gasteiger partial charge in [-0.15, -0.1) is 0 Å². The first-order valence-corrected chi connectivity index (χ1v) is 9.02. The third kappa shape index (κ3) is 5.44. The van der Waals surface area contributed by atoms with E-state index in [2.05, 4.69) is 21.2 Å². The topological polar surface area (TPSA) is 78.9 Å². The first kappa shape index (κ1) is 19.7. The van der Waals surface area contributed by atoms with Crippen molar-refractivity contribution in [2.45, 2.75) is 51.3 Å². The zero-order valence-corrected chi connectivity index (χ0v) is 16.6. The van der Waals surface area contributed by atoms with Crippen LogP contribution in [-0.2, 0) is 9.53 Å². The molecule has 0 spiro atoms. The predicted octanol–water partition coefficient (Wildman–Crippen LogP) is 3.56. The summed E-state index contributed by atoms with van der Waals surface area (Å²) in [5.74, 6) is -0.889. The molecule has 1 aromatic carbocycles. The second-order valence-corrected chi connectivity index (χ2v) is 8.52. The van der Waals surface area contributed by atoms with Crippen molar-refractivity contribution in [1.29, 1.82) is 0 Å². The van der Waals surface area contributed by atoms with Crippen LogP contribution in [0.2, 0.25) is 0 Å². The Balaban J connectivity index is 2.04. The Morgan fingerprint density at radius 2 is 1.88 bits per heavy atom. The number of carboxylic acid groups (broad SMARTS) is 1. The monoisotopic (exact) mass is 412 g/mol. The van der Waals surface area contributed by atoms with Crippen molar-refractivity contribution in [1.82, 2.24) is 10.2 Å². The summed E-state index contributed by atoms with van der Waals surface area (Å²) in [7, 11) is 0. The molecule has 0 aromatic heterocycles. The molecule has 1 aliphatic heterocycles. The minimum atomic E-state index is -0.889. The lowest BCUT2D eigenvalue weighted by molar-refractivity contribution is -0.141. The van der Waals surface area contributed by atoms with Gasteiger partial charge in [-0.05, 0) is 45.4 Å². The van der Waals surface area contributed by atoms with Crippen LogP contribution in [0, 0.1) is 0 Å². The van der Waals surface area contributed by atoms with E-state index in [1.54, 1.807) is 0 Å². The summed E-state index contributed by atoms with van der Waals surface area (Å²) in [6.45, 7) is 8.04. The molecule has 1 amide bonds. The highest BCUT2D eigenvalue weighted by atomic mass is 79.9. The second-order valence-electron chi connectivity index (χ2n) is 7.60. The molecule has 1 fully saturated rings. The number of aliphatic carboxylic acids is 1. The lowest BCUT2D eigenvalue weighted by Crippen LogP contribution is -2.71. The lowest BCUT2D eigenvalue weighted by Gasteiger charge is -2.51. The summed E-state index contributed by atoms with van der Waals surface area (Å²) in [5.41, 5.74) is -0.154. The third-order valence-corrected chi connectivity index (χ3v) is 4.55. The molecule has 1 saturated heterocycles. The number of benzene rings is 1. The van der Waals surface area contributed by atoms with Crippen LogP contribution in [0.15, 0.2) is 28.7 Å². The largest absolute Gasteiger partial charge is 0.481 e. The van der Waals surface area contributed by atoms with Crippen LogP contribution in [0.4, 0.5) is 4.79 Å². The predicted molar refractivity (Wildman–Crippen MR) is 98.5 cm³/mol. The number of carbonyl (C=O) groups excluding carboxylic acids is 1. The van der Waals surface area contributed by atoms with Crippen LogP contribution in [-0.4, -0.2) is 46.3 Å².